The van der Waals surface area contributed by atoms with Gasteiger partial charge in [0.05, 0.1) is 11.9 Å². The molecular weight excluding hydrogens is 277 g/mol. The van der Waals surface area contributed by atoms with Gasteiger partial charge in [0, 0.05) is 24.8 Å². The molecule has 2 aromatic heterocycles. The molecule has 1 N–H and O–H groups in total. The number of nitrogens with one attached hydrogen (secondary N) is 1. The Hall–Kier alpha value is -1.57. The third kappa shape index (κ3) is 2.89. The number of anilines is 1. The maximum Gasteiger partial charge on any atom is 0.427 e. The van der Waals surface area contributed by atoms with Crippen molar-refractivity contribution in [3.05, 3.63) is 28.0 Å². The molecule has 0 unspecified atom stereocenters. The van der Waals surface area contributed by atoms with Crippen LogP contribution in [0.25, 0.3) is 0 Å². The lowest BCUT2D eigenvalue weighted by molar-refractivity contribution is -0.134. The van der Waals surface area contributed by atoms with E-state index in [9.17, 15) is 13.2 Å². The number of hydrogen-bond donors (Lipinski definition) is 1. The highest BCUT2D eigenvalue weighted by Gasteiger charge is 2.33. The van der Waals surface area contributed by atoms with Gasteiger partial charge in [-0.3, -0.25) is 4.68 Å². The van der Waals surface area contributed by atoms with E-state index in [1.54, 1.807) is 4.68 Å². The zero-order valence-corrected chi connectivity index (χ0v) is 11.5. The Morgan fingerprint density at radius 2 is 2.05 bits per heavy atom. The highest BCUT2D eigenvalue weighted by molar-refractivity contribution is 7.15. The molecule has 0 aliphatic heterocycles. The molecule has 104 valence electrons. The fourth-order valence-electron chi connectivity index (χ4n) is 1.72. The fourth-order valence-corrected chi connectivity index (χ4v) is 2.40. The summed E-state index contributed by atoms with van der Waals surface area (Å²) in [7, 11) is 1.83. The second-order valence-electron chi connectivity index (χ2n) is 4.15. The van der Waals surface area contributed by atoms with Gasteiger partial charge in [-0.15, -0.1) is 0 Å². The van der Waals surface area contributed by atoms with E-state index in [0.717, 1.165) is 23.1 Å². The van der Waals surface area contributed by atoms with E-state index in [1.807, 2.05) is 20.9 Å². The van der Waals surface area contributed by atoms with Crippen LogP contribution in [0.3, 0.4) is 0 Å². The van der Waals surface area contributed by atoms with Gasteiger partial charge in [0.15, 0.2) is 5.13 Å². The predicted molar refractivity (Wildman–Crippen MR) is 67.1 cm³/mol. The van der Waals surface area contributed by atoms with Gasteiger partial charge in [-0.2, -0.15) is 18.3 Å². The van der Waals surface area contributed by atoms with Crippen LogP contribution in [0.15, 0.2) is 6.20 Å². The zero-order chi connectivity index (χ0) is 14.2. The van der Waals surface area contributed by atoms with Crippen molar-refractivity contribution < 1.29 is 13.2 Å². The molecule has 4 nitrogen and oxygen atoms in total. The molecule has 0 saturated heterocycles. The van der Waals surface area contributed by atoms with Gasteiger partial charge in [-0.05, 0) is 13.8 Å². The van der Waals surface area contributed by atoms with Gasteiger partial charge in [0.1, 0.15) is 4.88 Å². The minimum atomic E-state index is -4.34. The van der Waals surface area contributed by atoms with E-state index in [4.69, 9.17) is 0 Å². The van der Waals surface area contributed by atoms with E-state index in [1.165, 1.54) is 0 Å². The number of hydrogen-bond acceptors (Lipinski definition) is 4. The van der Waals surface area contributed by atoms with Crippen LogP contribution in [-0.4, -0.2) is 14.8 Å². The van der Waals surface area contributed by atoms with E-state index < -0.39 is 11.1 Å². The summed E-state index contributed by atoms with van der Waals surface area (Å²) in [4.78, 5) is 3.02. The number of alkyl halides is 3. The highest BCUT2D eigenvalue weighted by atomic mass is 32.1. The molecule has 0 radical (unpaired) electrons. The first kappa shape index (κ1) is 13.9. The predicted octanol–water partition coefficient (Wildman–Crippen LogP) is 3.12. The van der Waals surface area contributed by atoms with Gasteiger partial charge >= 0.3 is 6.18 Å². The largest absolute Gasteiger partial charge is 0.427 e. The first-order valence-corrected chi connectivity index (χ1v) is 6.36. The number of halogens is 3. The Labute approximate surface area is 112 Å². The van der Waals surface area contributed by atoms with Crippen LogP contribution in [0, 0.1) is 13.8 Å². The van der Waals surface area contributed by atoms with Crippen LogP contribution < -0.4 is 5.32 Å². The lowest BCUT2D eigenvalue weighted by Crippen LogP contribution is -2.02. The van der Waals surface area contributed by atoms with Gasteiger partial charge in [-0.1, -0.05) is 11.3 Å². The summed E-state index contributed by atoms with van der Waals surface area (Å²) in [5, 5.41) is 7.41. The van der Waals surface area contributed by atoms with Crippen molar-refractivity contribution in [1.82, 2.24) is 14.8 Å². The van der Waals surface area contributed by atoms with Crippen LogP contribution in [0.2, 0.25) is 0 Å². The summed E-state index contributed by atoms with van der Waals surface area (Å²) in [6, 6.07) is 0. The molecule has 0 aliphatic carbocycles. The average Bonchev–Trinajstić information content (AvgIpc) is 2.84. The molecule has 8 heteroatoms. The Kier molecular flexibility index (Phi) is 3.53. The third-order valence-corrected chi connectivity index (χ3v) is 3.86. The SMILES string of the molecule is Cc1nn(C)c(C)c1CNc1ncc(C(F)(F)F)s1. The Morgan fingerprint density at radius 3 is 2.53 bits per heavy atom. The summed E-state index contributed by atoms with van der Waals surface area (Å²) in [6.45, 7) is 4.20. The van der Waals surface area contributed by atoms with Crippen LogP contribution >= 0.6 is 11.3 Å². The summed E-state index contributed by atoms with van der Waals surface area (Å²) in [6.07, 6.45) is -3.49. The summed E-state index contributed by atoms with van der Waals surface area (Å²) in [5.41, 5.74) is 2.82. The lowest BCUT2D eigenvalue weighted by atomic mass is 10.2. The molecule has 0 atom stereocenters. The Morgan fingerprint density at radius 1 is 1.37 bits per heavy atom. The summed E-state index contributed by atoms with van der Waals surface area (Å²) in [5.74, 6) is 0. The van der Waals surface area contributed by atoms with Crippen molar-refractivity contribution in [3.63, 3.8) is 0 Å². The van der Waals surface area contributed by atoms with Crippen LogP contribution in [0.1, 0.15) is 21.8 Å². The second kappa shape index (κ2) is 4.84. The number of rotatable bonds is 3. The lowest BCUT2D eigenvalue weighted by Gasteiger charge is -2.03. The third-order valence-electron chi connectivity index (χ3n) is 2.86. The fraction of sp³-hybridized carbons (Fsp3) is 0.455. The van der Waals surface area contributed by atoms with Crippen molar-refractivity contribution >= 4 is 16.5 Å². The highest BCUT2D eigenvalue weighted by Crippen LogP contribution is 2.35. The minimum absolute atomic E-state index is 0.259. The Balaban J connectivity index is 2.09. The number of aromatic nitrogens is 3. The van der Waals surface area contributed by atoms with Gasteiger partial charge in [0.2, 0.25) is 0 Å². The molecule has 0 aromatic carbocycles. The van der Waals surface area contributed by atoms with Crippen LogP contribution in [-0.2, 0) is 19.8 Å². The number of nitrogens with zero attached hydrogens (tertiary/aromatic N) is 3. The molecule has 0 bridgehead atoms. The van der Waals surface area contributed by atoms with E-state index in [0.29, 0.717) is 17.9 Å². The van der Waals surface area contributed by atoms with Crippen molar-refractivity contribution in [2.24, 2.45) is 7.05 Å². The van der Waals surface area contributed by atoms with Crippen molar-refractivity contribution in [2.75, 3.05) is 5.32 Å². The molecule has 0 saturated carbocycles. The first-order chi connectivity index (χ1) is 8.79. The van der Waals surface area contributed by atoms with Crippen LogP contribution in [0.5, 0.6) is 0 Å². The average molecular weight is 290 g/mol. The standard InChI is InChI=1S/C11H13F3N4S/c1-6-8(7(2)18(3)17-6)4-15-10-16-5-9(19-10)11(12,13)14/h5H,4H2,1-3H3,(H,15,16). The molecule has 0 aliphatic rings. The van der Waals surface area contributed by atoms with Crippen molar-refractivity contribution in [3.8, 4) is 0 Å². The topological polar surface area (TPSA) is 42.7 Å². The second-order valence-corrected chi connectivity index (χ2v) is 5.18. The van der Waals surface area contributed by atoms with Crippen molar-refractivity contribution in [1.29, 1.82) is 0 Å². The van der Waals surface area contributed by atoms with E-state index in [2.05, 4.69) is 15.4 Å². The zero-order valence-electron chi connectivity index (χ0n) is 10.7. The molecule has 2 heterocycles. The van der Waals surface area contributed by atoms with E-state index in [-0.39, 0.29) is 5.13 Å². The Bertz CT molecular complexity index is 585. The first-order valence-electron chi connectivity index (χ1n) is 5.55. The minimum Gasteiger partial charge on any atom is -0.357 e. The summed E-state index contributed by atoms with van der Waals surface area (Å²) < 4.78 is 39.0. The number of thiazole rings is 1. The molecule has 0 amide bonds. The maximum atomic E-state index is 12.4. The molecule has 0 fully saturated rings. The molecule has 2 rings (SSSR count). The van der Waals surface area contributed by atoms with Crippen LogP contribution in [0.4, 0.5) is 18.3 Å². The smallest absolute Gasteiger partial charge is 0.357 e. The quantitative estimate of drug-likeness (QED) is 0.944. The van der Waals surface area contributed by atoms with Gasteiger partial charge in [-0.25, -0.2) is 4.98 Å². The number of aryl methyl sites for hydroxylation is 2. The molecule has 0 spiro atoms. The molecule has 19 heavy (non-hydrogen) atoms. The maximum absolute atomic E-state index is 12.4. The van der Waals surface area contributed by atoms with E-state index >= 15 is 0 Å². The van der Waals surface area contributed by atoms with Gasteiger partial charge < -0.3 is 5.32 Å². The monoisotopic (exact) mass is 290 g/mol. The molecule has 2 aromatic rings. The van der Waals surface area contributed by atoms with Gasteiger partial charge in [0.25, 0.3) is 0 Å². The normalized spacial score (nSPS) is 11.9. The molecular formula is C11H13F3N4S. The van der Waals surface area contributed by atoms with Crippen molar-refractivity contribution in [2.45, 2.75) is 26.6 Å². The summed E-state index contributed by atoms with van der Waals surface area (Å²) >= 11 is 0.603.